The summed E-state index contributed by atoms with van der Waals surface area (Å²) in [5.74, 6) is 1.61. The lowest BCUT2D eigenvalue weighted by Gasteiger charge is -2.20. The average molecular weight is 209 g/mol. The topological polar surface area (TPSA) is 21.3 Å². The van der Waals surface area contributed by atoms with Crippen molar-refractivity contribution in [2.45, 2.75) is 38.7 Å². The lowest BCUT2D eigenvalue weighted by molar-refractivity contribution is 0.105. The summed E-state index contributed by atoms with van der Waals surface area (Å²) in [5, 5.41) is 3.61. The largest absolute Gasteiger partial charge is 0.378 e. The molecule has 2 aliphatic rings. The monoisotopic (exact) mass is 209 g/mol. The summed E-state index contributed by atoms with van der Waals surface area (Å²) in [6.07, 6.45) is 10.2. The standard InChI is InChI=1S/C13H23NO/c1-11-13(7-8-15-11)10-14-9-12-5-3-2-4-6-12/h2-3,11-14H,4-10H2,1H3. The van der Waals surface area contributed by atoms with Gasteiger partial charge in [-0.1, -0.05) is 12.2 Å². The molecular weight excluding hydrogens is 186 g/mol. The molecule has 1 aliphatic heterocycles. The molecule has 15 heavy (non-hydrogen) atoms. The Morgan fingerprint density at radius 3 is 2.87 bits per heavy atom. The summed E-state index contributed by atoms with van der Waals surface area (Å²) in [4.78, 5) is 0. The van der Waals surface area contributed by atoms with Crippen LogP contribution in [-0.4, -0.2) is 25.8 Å². The zero-order valence-electron chi connectivity index (χ0n) is 9.74. The maximum atomic E-state index is 5.56. The maximum absolute atomic E-state index is 5.56. The van der Waals surface area contributed by atoms with E-state index in [-0.39, 0.29) is 0 Å². The van der Waals surface area contributed by atoms with Crippen molar-refractivity contribution >= 4 is 0 Å². The lowest BCUT2D eigenvalue weighted by Crippen LogP contribution is -2.31. The van der Waals surface area contributed by atoms with E-state index in [1.165, 1.54) is 32.2 Å². The Bertz CT molecular complexity index is 215. The van der Waals surface area contributed by atoms with Crippen LogP contribution in [0.5, 0.6) is 0 Å². The fourth-order valence-electron chi connectivity index (χ4n) is 2.56. The van der Waals surface area contributed by atoms with Crippen LogP contribution in [0.25, 0.3) is 0 Å². The first-order valence-electron chi connectivity index (χ1n) is 6.33. The molecule has 0 aromatic carbocycles. The Morgan fingerprint density at radius 2 is 2.20 bits per heavy atom. The normalized spacial score (nSPS) is 35.9. The number of hydrogen-bond acceptors (Lipinski definition) is 2. The predicted molar refractivity (Wildman–Crippen MR) is 62.9 cm³/mol. The van der Waals surface area contributed by atoms with E-state index in [1.54, 1.807) is 0 Å². The van der Waals surface area contributed by atoms with Crippen LogP contribution in [0.1, 0.15) is 32.6 Å². The molecule has 2 heteroatoms. The van der Waals surface area contributed by atoms with E-state index in [1.807, 2.05) is 0 Å². The van der Waals surface area contributed by atoms with Gasteiger partial charge in [0.25, 0.3) is 0 Å². The molecule has 3 unspecified atom stereocenters. The van der Waals surface area contributed by atoms with Gasteiger partial charge < -0.3 is 10.1 Å². The van der Waals surface area contributed by atoms with Crippen molar-refractivity contribution in [2.75, 3.05) is 19.7 Å². The van der Waals surface area contributed by atoms with Gasteiger partial charge in [-0.15, -0.1) is 0 Å². The van der Waals surface area contributed by atoms with Crippen molar-refractivity contribution in [2.24, 2.45) is 11.8 Å². The van der Waals surface area contributed by atoms with E-state index in [9.17, 15) is 0 Å². The molecule has 1 heterocycles. The maximum Gasteiger partial charge on any atom is 0.0588 e. The van der Waals surface area contributed by atoms with E-state index in [2.05, 4.69) is 24.4 Å². The summed E-state index contributed by atoms with van der Waals surface area (Å²) in [6, 6.07) is 0. The second-order valence-corrected chi connectivity index (χ2v) is 4.93. The quantitative estimate of drug-likeness (QED) is 0.718. The van der Waals surface area contributed by atoms with Crippen LogP contribution in [0.4, 0.5) is 0 Å². The molecule has 0 aromatic heterocycles. The molecule has 0 bridgehead atoms. The van der Waals surface area contributed by atoms with Crippen molar-refractivity contribution in [1.29, 1.82) is 0 Å². The Kier molecular flexibility index (Phi) is 4.21. The minimum Gasteiger partial charge on any atom is -0.378 e. The van der Waals surface area contributed by atoms with Gasteiger partial charge in [-0.3, -0.25) is 0 Å². The molecule has 0 amide bonds. The van der Waals surface area contributed by atoms with Gasteiger partial charge in [-0.25, -0.2) is 0 Å². The zero-order chi connectivity index (χ0) is 10.5. The van der Waals surface area contributed by atoms with E-state index in [4.69, 9.17) is 4.74 Å². The molecule has 1 N–H and O–H groups in total. The lowest BCUT2D eigenvalue weighted by atomic mass is 9.94. The second-order valence-electron chi connectivity index (χ2n) is 4.93. The highest BCUT2D eigenvalue weighted by molar-refractivity contribution is 4.90. The van der Waals surface area contributed by atoms with Gasteiger partial charge in [-0.2, -0.15) is 0 Å². The Balaban J connectivity index is 1.60. The van der Waals surface area contributed by atoms with Gasteiger partial charge in [0, 0.05) is 13.2 Å². The van der Waals surface area contributed by atoms with Crippen molar-refractivity contribution in [3.8, 4) is 0 Å². The molecule has 1 fully saturated rings. The third-order valence-electron chi connectivity index (χ3n) is 3.75. The van der Waals surface area contributed by atoms with Crippen molar-refractivity contribution in [3.63, 3.8) is 0 Å². The molecule has 0 saturated carbocycles. The second kappa shape index (κ2) is 5.66. The highest BCUT2D eigenvalue weighted by atomic mass is 16.5. The van der Waals surface area contributed by atoms with Gasteiger partial charge >= 0.3 is 0 Å². The van der Waals surface area contributed by atoms with Crippen LogP contribution in [0.15, 0.2) is 12.2 Å². The van der Waals surface area contributed by atoms with Crippen LogP contribution in [0.2, 0.25) is 0 Å². The highest BCUT2D eigenvalue weighted by Gasteiger charge is 2.23. The SMILES string of the molecule is CC1OCCC1CNCC1CC=CCC1. The number of hydrogen-bond donors (Lipinski definition) is 1. The Labute approximate surface area is 93.1 Å². The smallest absolute Gasteiger partial charge is 0.0588 e. The summed E-state index contributed by atoms with van der Waals surface area (Å²) in [7, 11) is 0. The van der Waals surface area contributed by atoms with Gasteiger partial charge in [0.2, 0.25) is 0 Å². The summed E-state index contributed by atoms with van der Waals surface area (Å²) in [5.41, 5.74) is 0. The van der Waals surface area contributed by atoms with Crippen LogP contribution in [0.3, 0.4) is 0 Å². The van der Waals surface area contributed by atoms with Crippen LogP contribution < -0.4 is 5.32 Å². The molecule has 0 aromatic rings. The third kappa shape index (κ3) is 3.32. The minimum atomic E-state index is 0.462. The molecule has 0 radical (unpaired) electrons. The molecule has 86 valence electrons. The fraction of sp³-hybridized carbons (Fsp3) is 0.846. The fourth-order valence-corrected chi connectivity index (χ4v) is 2.56. The molecule has 1 aliphatic carbocycles. The third-order valence-corrected chi connectivity index (χ3v) is 3.75. The van der Waals surface area contributed by atoms with Crippen molar-refractivity contribution < 1.29 is 4.74 Å². The summed E-state index contributed by atoms with van der Waals surface area (Å²) < 4.78 is 5.56. The Hall–Kier alpha value is -0.340. The Morgan fingerprint density at radius 1 is 1.27 bits per heavy atom. The average Bonchev–Trinajstić information content (AvgIpc) is 2.66. The number of nitrogens with one attached hydrogen (secondary N) is 1. The molecule has 0 spiro atoms. The molecule has 1 saturated heterocycles. The van der Waals surface area contributed by atoms with Gasteiger partial charge in [0.15, 0.2) is 0 Å². The van der Waals surface area contributed by atoms with E-state index >= 15 is 0 Å². The first-order chi connectivity index (χ1) is 7.36. The highest BCUT2D eigenvalue weighted by Crippen LogP contribution is 2.20. The number of rotatable bonds is 4. The molecule has 2 nitrogen and oxygen atoms in total. The van der Waals surface area contributed by atoms with Crippen LogP contribution in [0, 0.1) is 11.8 Å². The summed E-state index contributed by atoms with van der Waals surface area (Å²) >= 11 is 0. The molecule has 2 rings (SSSR count). The van der Waals surface area contributed by atoms with E-state index in [0.29, 0.717) is 6.10 Å². The van der Waals surface area contributed by atoms with Crippen LogP contribution in [-0.2, 0) is 4.74 Å². The first kappa shape index (κ1) is 11.2. The van der Waals surface area contributed by atoms with Crippen molar-refractivity contribution in [1.82, 2.24) is 5.32 Å². The number of ether oxygens (including phenoxy) is 1. The molecular formula is C13H23NO. The van der Waals surface area contributed by atoms with Crippen molar-refractivity contribution in [3.05, 3.63) is 12.2 Å². The van der Waals surface area contributed by atoms with Gasteiger partial charge in [0.05, 0.1) is 6.10 Å². The zero-order valence-corrected chi connectivity index (χ0v) is 9.74. The van der Waals surface area contributed by atoms with E-state index < -0.39 is 0 Å². The molecule has 3 atom stereocenters. The van der Waals surface area contributed by atoms with Crippen LogP contribution >= 0.6 is 0 Å². The number of allylic oxidation sites excluding steroid dienone is 2. The first-order valence-corrected chi connectivity index (χ1v) is 6.33. The van der Waals surface area contributed by atoms with E-state index in [0.717, 1.165) is 25.0 Å². The van der Waals surface area contributed by atoms with Gasteiger partial charge in [-0.05, 0) is 51.0 Å². The summed E-state index contributed by atoms with van der Waals surface area (Å²) in [6.45, 7) is 5.48. The minimum absolute atomic E-state index is 0.462. The predicted octanol–water partition coefficient (Wildman–Crippen LogP) is 2.36. The van der Waals surface area contributed by atoms with Gasteiger partial charge in [0.1, 0.15) is 0 Å².